The van der Waals surface area contributed by atoms with E-state index >= 15 is 0 Å². The molecule has 3 rings (SSSR count). The van der Waals surface area contributed by atoms with Crippen LogP contribution in [0.25, 0.3) is 5.82 Å². The fourth-order valence-electron chi connectivity index (χ4n) is 2.31. The average molecular weight is 483 g/mol. The first-order valence-electron chi connectivity index (χ1n) is 8.05. The van der Waals surface area contributed by atoms with Gasteiger partial charge in [-0.25, -0.2) is 14.6 Å². The number of hydrogen-bond donors (Lipinski definition) is 2. The van der Waals surface area contributed by atoms with Gasteiger partial charge in [-0.3, -0.25) is 4.99 Å². The molecule has 0 saturated carbocycles. The first kappa shape index (κ1) is 20.3. The molecule has 7 nitrogen and oxygen atoms in total. The molecule has 0 aromatic carbocycles. The lowest BCUT2D eigenvalue weighted by molar-refractivity contribution is 0.787. The average Bonchev–Trinajstić information content (AvgIpc) is 3.30. The van der Waals surface area contributed by atoms with E-state index in [1.807, 2.05) is 30.6 Å². The molecule has 2 N–H and O–H groups in total. The van der Waals surface area contributed by atoms with Gasteiger partial charge in [-0.1, -0.05) is 0 Å². The lowest BCUT2D eigenvalue weighted by Gasteiger charge is -2.12. The zero-order valence-corrected chi connectivity index (χ0v) is 17.9. The summed E-state index contributed by atoms with van der Waals surface area (Å²) in [7, 11) is 1.77. The maximum absolute atomic E-state index is 4.37. The van der Waals surface area contributed by atoms with Gasteiger partial charge in [0.05, 0.1) is 5.01 Å². The lowest BCUT2D eigenvalue weighted by Crippen LogP contribution is -2.37. The highest BCUT2D eigenvalue weighted by Crippen LogP contribution is 2.11. The molecule has 3 heterocycles. The summed E-state index contributed by atoms with van der Waals surface area (Å²) in [5, 5.41) is 12.0. The molecular formula is C17H22IN7S. The van der Waals surface area contributed by atoms with Crippen molar-refractivity contribution in [2.24, 2.45) is 4.99 Å². The molecule has 26 heavy (non-hydrogen) atoms. The van der Waals surface area contributed by atoms with Gasteiger partial charge in [0.2, 0.25) is 0 Å². The Labute approximate surface area is 174 Å². The van der Waals surface area contributed by atoms with Crippen molar-refractivity contribution in [3.05, 3.63) is 58.4 Å². The van der Waals surface area contributed by atoms with Crippen LogP contribution in [0, 0.1) is 6.92 Å². The van der Waals surface area contributed by atoms with E-state index in [9.17, 15) is 0 Å². The Kier molecular flexibility index (Phi) is 7.98. The van der Waals surface area contributed by atoms with Gasteiger partial charge in [-0.2, -0.15) is 5.10 Å². The Morgan fingerprint density at radius 2 is 2.15 bits per heavy atom. The summed E-state index contributed by atoms with van der Waals surface area (Å²) in [5.74, 6) is 1.57. The molecule has 0 aliphatic carbocycles. The molecule has 3 aromatic heterocycles. The van der Waals surface area contributed by atoms with Gasteiger partial charge in [0.15, 0.2) is 11.8 Å². The molecule has 0 spiro atoms. The summed E-state index contributed by atoms with van der Waals surface area (Å²) < 4.78 is 1.74. The van der Waals surface area contributed by atoms with Crippen molar-refractivity contribution in [3.63, 3.8) is 0 Å². The van der Waals surface area contributed by atoms with Crippen molar-refractivity contribution >= 4 is 41.3 Å². The van der Waals surface area contributed by atoms with Crippen LogP contribution in [0.3, 0.4) is 0 Å². The van der Waals surface area contributed by atoms with E-state index in [0.29, 0.717) is 6.54 Å². The summed E-state index contributed by atoms with van der Waals surface area (Å²) in [5.41, 5.74) is 1.11. The Balaban J connectivity index is 0.00000243. The Bertz CT molecular complexity index is 829. The van der Waals surface area contributed by atoms with Crippen LogP contribution in [0.5, 0.6) is 0 Å². The molecule has 0 fully saturated rings. The summed E-state index contributed by atoms with van der Waals surface area (Å²) in [6.45, 7) is 3.52. The van der Waals surface area contributed by atoms with Crippen LogP contribution in [-0.4, -0.2) is 39.3 Å². The van der Waals surface area contributed by atoms with E-state index in [4.69, 9.17) is 0 Å². The van der Waals surface area contributed by atoms with Crippen molar-refractivity contribution in [1.29, 1.82) is 0 Å². The minimum absolute atomic E-state index is 0. The fourth-order valence-corrected chi connectivity index (χ4v) is 3.10. The van der Waals surface area contributed by atoms with E-state index in [0.717, 1.165) is 35.3 Å². The molecule has 0 amide bonds. The second-order valence-corrected chi connectivity index (χ2v) is 6.76. The maximum Gasteiger partial charge on any atom is 0.191 e. The van der Waals surface area contributed by atoms with Crippen LogP contribution in [0.4, 0.5) is 0 Å². The standard InChI is InChI=1S/C17H21N7S.HI/c1-13-11-21-16(25-13)5-8-20-17(18-2)22-12-14-4-7-19-15(10-14)24-9-3-6-23-24;/h3-4,6-7,9-11H,5,8,12H2,1-2H3,(H2,18,20,22);1H. The van der Waals surface area contributed by atoms with E-state index in [1.54, 1.807) is 35.5 Å². The minimum Gasteiger partial charge on any atom is -0.356 e. The van der Waals surface area contributed by atoms with E-state index in [2.05, 4.69) is 37.6 Å². The van der Waals surface area contributed by atoms with E-state index in [1.165, 1.54) is 4.88 Å². The minimum atomic E-state index is 0. The number of thiazole rings is 1. The highest BCUT2D eigenvalue weighted by atomic mass is 127. The molecule has 0 unspecified atom stereocenters. The second kappa shape index (κ2) is 10.2. The monoisotopic (exact) mass is 483 g/mol. The highest BCUT2D eigenvalue weighted by Gasteiger charge is 2.03. The van der Waals surface area contributed by atoms with E-state index in [-0.39, 0.29) is 24.0 Å². The van der Waals surface area contributed by atoms with Gasteiger partial charge in [-0.15, -0.1) is 35.3 Å². The molecule has 0 radical (unpaired) electrons. The largest absolute Gasteiger partial charge is 0.356 e. The normalized spacial score (nSPS) is 11.1. The maximum atomic E-state index is 4.37. The van der Waals surface area contributed by atoms with Gasteiger partial charge in [0, 0.05) is 56.2 Å². The molecular weight excluding hydrogens is 461 g/mol. The fraction of sp³-hybridized carbons (Fsp3) is 0.294. The van der Waals surface area contributed by atoms with Crippen LogP contribution >= 0.6 is 35.3 Å². The summed E-state index contributed by atoms with van der Waals surface area (Å²) in [6, 6.07) is 5.86. The topological polar surface area (TPSA) is 80.0 Å². The first-order valence-corrected chi connectivity index (χ1v) is 8.87. The second-order valence-electron chi connectivity index (χ2n) is 5.44. The third-order valence-corrected chi connectivity index (χ3v) is 4.51. The van der Waals surface area contributed by atoms with Crippen molar-refractivity contribution < 1.29 is 0 Å². The molecule has 9 heteroatoms. The Hall–Kier alpha value is -2.01. The van der Waals surface area contributed by atoms with Gasteiger partial charge in [-0.05, 0) is 30.7 Å². The molecule has 0 aliphatic rings. The quantitative estimate of drug-likeness (QED) is 0.320. The number of nitrogens with one attached hydrogen (secondary N) is 2. The lowest BCUT2D eigenvalue weighted by atomic mass is 10.2. The number of rotatable bonds is 6. The molecule has 0 aliphatic heterocycles. The van der Waals surface area contributed by atoms with Crippen molar-refractivity contribution in [2.75, 3.05) is 13.6 Å². The van der Waals surface area contributed by atoms with Crippen molar-refractivity contribution in [3.8, 4) is 5.82 Å². The number of pyridine rings is 1. The number of aliphatic imine (C=N–C) groups is 1. The van der Waals surface area contributed by atoms with Gasteiger partial charge >= 0.3 is 0 Å². The summed E-state index contributed by atoms with van der Waals surface area (Å²) in [4.78, 5) is 14.2. The third kappa shape index (κ3) is 5.77. The first-order chi connectivity index (χ1) is 12.2. The van der Waals surface area contributed by atoms with Gasteiger partial charge < -0.3 is 10.6 Å². The molecule has 0 saturated heterocycles. The number of halogens is 1. The number of aryl methyl sites for hydroxylation is 1. The smallest absolute Gasteiger partial charge is 0.191 e. The molecule has 138 valence electrons. The molecule has 0 atom stereocenters. The van der Waals surface area contributed by atoms with Crippen molar-refractivity contribution in [1.82, 2.24) is 30.4 Å². The van der Waals surface area contributed by atoms with Gasteiger partial charge in [0.1, 0.15) is 0 Å². The zero-order valence-electron chi connectivity index (χ0n) is 14.7. The van der Waals surface area contributed by atoms with Crippen LogP contribution < -0.4 is 10.6 Å². The van der Waals surface area contributed by atoms with Crippen LogP contribution in [0.15, 0.2) is 48.0 Å². The van der Waals surface area contributed by atoms with Crippen LogP contribution in [-0.2, 0) is 13.0 Å². The Morgan fingerprint density at radius 1 is 1.27 bits per heavy atom. The zero-order chi connectivity index (χ0) is 17.5. The highest BCUT2D eigenvalue weighted by molar-refractivity contribution is 14.0. The van der Waals surface area contributed by atoms with E-state index < -0.39 is 0 Å². The van der Waals surface area contributed by atoms with Gasteiger partial charge in [0.25, 0.3) is 0 Å². The van der Waals surface area contributed by atoms with Crippen LogP contribution in [0.2, 0.25) is 0 Å². The number of aromatic nitrogens is 4. The SMILES string of the molecule is CN=C(NCCc1ncc(C)s1)NCc1ccnc(-n2cccn2)c1.I. The Morgan fingerprint density at radius 3 is 2.85 bits per heavy atom. The number of hydrogen-bond acceptors (Lipinski definition) is 5. The molecule has 3 aromatic rings. The van der Waals surface area contributed by atoms with Crippen molar-refractivity contribution in [2.45, 2.75) is 19.9 Å². The third-order valence-electron chi connectivity index (χ3n) is 3.53. The van der Waals surface area contributed by atoms with Crippen LogP contribution in [0.1, 0.15) is 15.4 Å². The predicted molar refractivity (Wildman–Crippen MR) is 116 cm³/mol. The summed E-state index contributed by atoms with van der Waals surface area (Å²) in [6.07, 6.45) is 8.20. The summed E-state index contributed by atoms with van der Waals surface area (Å²) >= 11 is 1.73. The predicted octanol–water partition coefficient (Wildman–Crippen LogP) is 2.56. The number of guanidine groups is 1. The number of nitrogens with zero attached hydrogens (tertiary/aromatic N) is 5. The molecule has 0 bridgehead atoms.